The molecule has 0 saturated carbocycles. The minimum Gasteiger partial charge on any atom is -0.302 e. The van der Waals surface area contributed by atoms with Gasteiger partial charge in [0.2, 0.25) is 10.0 Å². The molecule has 1 aromatic rings. The summed E-state index contributed by atoms with van der Waals surface area (Å²) in [5.74, 6) is -0.515. The topological polar surface area (TPSA) is 73.2 Å². The Labute approximate surface area is 124 Å². The SMILES string of the molecule is CCN1C[C@H](NS(=O)(=O)c2ccc(F)c(C#N)c2)[C@@H](C)C1. The fourth-order valence-corrected chi connectivity index (χ4v) is 3.87. The van der Waals surface area contributed by atoms with Crippen LogP contribution in [0.5, 0.6) is 0 Å². The number of halogens is 1. The van der Waals surface area contributed by atoms with Crippen molar-refractivity contribution in [3.63, 3.8) is 0 Å². The predicted octanol–water partition coefficient (Wildman–Crippen LogP) is 1.32. The summed E-state index contributed by atoms with van der Waals surface area (Å²) in [5.41, 5.74) is -0.271. The molecule has 0 spiro atoms. The summed E-state index contributed by atoms with van der Waals surface area (Å²) in [4.78, 5) is 2.09. The molecule has 0 radical (unpaired) electrons. The minimum absolute atomic E-state index is 0.0809. The minimum atomic E-state index is -3.75. The normalized spacial score (nSPS) is 23.1. The predicted molar refractivity (Wildman–Crippen MR) is 76.5 cm³/mol. The Bertz CT molecular complexity index is 669. The van der Waals surface area contributed by atoms with Crippen molar-refractivity contribution in [2.45, 2.75) is 24.8 Å². The monoisotopic (exact) mass is 311 g/mol. The van der Waals surface area contributed by atoms with Gasteiger partial charge in [0.25, 0.3) is 0 Å². The van der Waals surface area contributed by atoms with E-state index in [1.807, 2.05) is 13.8 Å². The molecule has 1 N–H and O–H groups in total. The number of nitrogens with zero attached hydrogens (tertiary/aromatic N) is 2. The molecular formula is C14H18FN3O2S. The smallest absolute Gasteiger partial charge is 0.240 e. The molecule has 1 aliphatic heterocycles. The second-order valence-electron chi connectivity index (χ2n) is 5.31. The number of nitrogens with one attached hydrogen (secondary N) is 1. The van der Waals surface area contributed by atoms with Crippen molar-refractivity contribution in [1.29, 1.82) is 5.26 Å². The lowest BCUT2D eigenvalue weighted by Gasteiger charge is -2.17. The molecule has 0 amide bonds. The third-order valence-corrected chi connectivity index (χ3v) is 5.30. The van der Waals surface area contributed by atoms with E-state index in [0.717, 1.165) is 25.2 Å². The van der Waals surface area contributed by atoms with Crippen molar-refractivity contribution in [2.24, 2.45) is 5.92 Å². The van der Waals surface area contributed by atoms with Crippen molar-refractivity contribution in [3.8, 4) is 6.07 Å². The molecule has 0 bridgehead atoms. The van der Waals surface area contributed by atoms with Crippen molar-refractivity contribution in [2.75, 3.05) is 19.6 Å². The fourth-order valence-electron chi connectivity index (χ4n) is 2.50. The number of hydrogen-bond acceptors (Lipinski definition) is 4. The van der Waals surface area contributed by atoms with Gasteiger partial charge in [-0.3, -0.25) is 0 Å². The second-order valence-corrected chi connectivity index (χ2v) is 7.02. The summed E-state index contributed by atoms with van der Waals surface area (Å²) < 4.78 is 40.6. The molecule has 5 nitrogen and oxygen atoms in total. The first kappa shape index (κ1) is 15.9. The van der Waals surface area contributed by atoms with Crippen LogP contribution in [0, 0.1) is 23.1 Å². The highest BCUT2D eigenvalue weighted by Crippen LogP contribution is 2.20. The summed E-state index contributed by atoms with van der Waals surface area (Å²) in [5, 5.41) is 8.79. The van der Waals surface area contributed by atoms with E-state index >= 15 is 0 Å². The summed E-state index contributed by atoms with van der Waals surface area (Å²) in [7, 11) is -3.75. The molecule has 114 valence electrons. The van der Waals surface area contributed by atoms with Crippen molar-refractivity contribution in [1.82, 2.24) is 9.62 Å². The lowest BCUT2D eigenvalue weighted by molar-refractivity contribution is 0.344. The zero-order chi connectivity index (χ0) is 15.6. The van der Waals surface area contributed by atoms with Crippen LogP contribution in [0.4, 0.5) is 4.39 Å². The number of rotatable bonds is 4. The van der Waals surface area contributed by atoms with Crippen LogP contribution in [-0.2, 0) is 10.0 Å². The average Bonchev–Trinajstić information content (AvgIpc) is 2.79. The van der Waals surface area contributed by atoms with Crippen LogP contribution in [0.3, 0.4) is 0 Å². The Kier molecular flexibility index (Phi) is 4.61. The quantitative estimate of drug-likeness (QED) is 0.910. The van der Waals surface area contributed by atoms with E-state index in [4.69, 9.17) is 5.26 Å². The number of hydrogen-bond donors (Lipinski definition) is 1. The molecule has 1 aliphatic rings. The van der Waals surface area contributed by atoms with Crippen LogP contribution in [0.25, 0.3) is 0 Å². The number of benzene rings is 1. The maximum Gasteiger partial charge on any atom is 0.240 e. The van der Waals surface area contributed by atoms with Crippen LogP contribution in [0.15, 0.2) is 23.1 Å². The standard InChI is InChI=1S/C14H18FN3O2S/c1-3-18-8-10(2)14(9-18)17-21(19,20)12-4-5-13(15)11(6-12)7-16/h4-6,10,14,17H,3,8-9H2,1-2H3/t10-,14-/m0/s1. The van der Waals surface area contributed by atoms with Gasteiger partial charge < -0.3 is 4.90 Å². The number of likely N-dealkylation sites (N-methyl/N-ethyl adjacent to an activating group) is 1. The molecule has 21 heavy (non-hydrogen) atoms. The molecule has 1 saturated heterocycles. The highest BCUT2D eigenvalue weighted by atomic mass is 32.2. The third kappa shape index (κ3) is 3.40. The molecule has 0 aliphatic carbocycles. The Morgan fingerprint density at radius 2 is 2.19 bits per heavy atom. The molecule has 2 rings (SSSR count). The molecule has 1 fully saturated rings. The maximum absolute atomic E-state index is 13.3. The fraction of sp³-hybridized carbons (Fsp3) is 0.500. The van der Waals surface area contributed by atoms with Gasteiger partial charge in [0.05, 0.1) is 10.5 Å². The van der Waals surface area contributed by atoms with Gasteiger partial charge >= 0.3 is 0 Å². The zero-order valence-electron chi connectivity index (χ0n) is 12.0. The summed E-state index contributed by atoms with van der Waals surface area (Å²) in [6.45, 7) is 6.40. The highest BCUT2D eigenvalue weighted by Gasteiger charge is 2.32. The average molecular weight is 311 g/mol. The van der Waals surface area contributed by atoms with Gasteiger partial charge in [0.1, 0.15) is 11.9 Å². The van der Waals surface area contributed by atoms with Gasteiger partial charge in [-0.25, -0.2) is 17.5 Å². The molecule has 7 heteroatoms. The first-order valence-corrected chi connectivity index (χ1v) is 8.30. The van der Waals surface area contributed by atoms with E-state index in [1.54, 1.807) is 6.07 Å². The van der Waals surface area contributed by atoms with E-state index in [1.165, 1.54) is 6.07 Å². The molecular weight excluding hydrogens is 293 g/mol. The molecule has 1 heterocycles. The van der Waals surface area contributed by atoms with E-state index < -0.39 is 15.8 Å². The van der Waals surface area contributed by atoms with E-state index in [9.17, 15) is 12.8 Å². The Balaban J connectivity index is 2.21. The van der Waals surface area contributed by atoms with Crippen molar-refractivity contribution >= 4 is 10.0 Å². The third-order valence-electron chi connectivity index (χ3n) is 3.81. The van der Waals surface area contributed by atoms with Gasteiger partial charge in [0, 0.05) is 19.1 Å². The second kappa shape index (κ2) is 6.10. The van der Waals surface area contributed by atoms with Crippen molar-refractivity contribution < 1.29 is 12.8 Å². The van der Waals surface area contributed by atoms with Crippen LogP contribution >= 0.6 is 0 Å². The summed E-state index contributed by atoms with van der Waals surface area (Å²) in [6, 6.07) is 4.72. The van der Waals surface area contributed by atoms with Gasteiger partial charge in [-0.2, -0.15) is 5.26 Å². The Morgan fingerprint density at radius 3 is 2.76 bits per heavy atom. The summed E-state index contributed by atoms with van der Waals surface area (Å²) in [6.07, 6.45) is 0. The van der Waals surface area contributed by atoms with Crippen LogP contribution < -0.4 is 4.72 Å². The molecule has 0 aromatic heterocycles. The van der Waals surface area contributed by atoms with Gasteiger partial charge in [-0.1, -0.05) is 13.8 Å². The Hall–Kier alpha value is -1.49. The largest absolute Gasteiger partial charge is 0.302 e. The molecule has 2 atom stereocenters. The first-order valence-electron chi connectivity index (χ1n) is 6.81. The van der Waals surface area contributed by atoms with Gasteiger partial charge in [0.15, 0.2) is 0 Å². The first-order chi connectivity index (χ1) is 9.87. The van der Waals surface area contributed by atoms with Crippen LogP contribution in [0.1, 0.15) is 19.4 Å². The van der Waals surface area contributed by atoms with E-state index in [2.05, 4.69) is 9.62 Å². The molecule has 1 aromatic carbocycles. The highest BCUT2D eigenvalue weighted by molar-refractivity contribution is 7.89. The maximum atomic E-state index is 13.3. The summed E-state index contributed by atoms with van der Waals surface area (Å²) >= 11 is 0. The van der Waals surface area contributed by atoms with Crippen LogP contribution in [0.2, 0.25) is 0 Å². The Morgan fingerprint density at radius 1 is 1.48 bits per heavy atom. The van der Waals surface area contributed by atoms with E-state index in [0.29, 0.717) is 6.54 Å². The lowest BCUT2D eigenvalue weighted by Crippen LogP contribution is -2.39. The number of likely N-dealkylation sites (tertiary alicyclic amines) is 1. The zero-order valence-corrected chi connectivity index (χ0v) is 12.8. The number of nitriles is 1. The molecule has 0 unspecified atom stereocenters. The van der Waals surface area contributed by atoms with Crippen LogP contribution in [-0.4, -0.2) is 39.0 Å². The van der Waals surface area contributed by atoms with Gasteiger partial charge in [-0.05, 0) is 30.7 Å². The van der Waals surface area contributed by atoms with Crippen molar-refractivity contribution in [3.05, 3.63) is 29.6 Å². The van der Waals surface area contributed by atoms with Gasteiger partial charge in [-0.15, -0.1) is 0 Å². The lowest BCUT2D eigenvalue weighted by atomic mass is 10.1. The number of sulfonamides is 1. The van der Waals surface area contributed by atoms with E-state index in [-0.39, 0.29) is 22.4 Å².